The van der Waals surface area contributed by atoms with Crippen molar-refractivity contribution in [3.05, 3.63) is 64.2 Å². The average Bonchev–Trinajstić information content (AvgIpc) is 2.74. The van der Waals surface area contributed by atoms with Gasteiger partial charge < -0.3 is 25.4 Å². The maximum Gasteiger partial charge on any atom is 0.408 e. The molecule has 2 rings (SSSR count). The number of benzene rings is 2. The van der Waals surface area contributed by atoms with Gasteiger partial charge in [0.25, 0.3) is 5.91 Å². The minimum absolute atomic E-state index is 0.0903. The molecule has 0 spiro atoms. The molecule has 1 unspecified atom stereocenters. The third-order valence-electron chi connectivity index (χ3n) is 5.45. The van der Waals surface area contributed by atoms with E-state index in [4.69, 9.17) is 4.74 Å². The third-order valence-corrected chi connectivity index (χ3v) is 5.45. The minimum atomic E-state index is -1.02. The number of nitrogens with one attached hydrogen (secondary N) is 2. The van der Waals surface area contributed by atoms with Crippen molar-refractivity contribution in [3.63, 3.8) is 0 Å². The van der Waals surface area contributed by atoms with Crippen LogP contribution < -0.4 is 10.6 Å². The number of anilines is 1. The number of rotatable bonds is 8. The molecule has 0 fully saturated rings. The zero-order valence-electron chi connectivity index (χ0n) is 21.7. The van der Waals surface area contributed by atoms with Crippen molar-refractivity contribution in [2.45, 2.75) is 60.1 Å². The number of nitrogens with zero attached hydrogens (tertiary/aromatic N) is 1. The van der Waals surface area contributed by atoms with E-state index < -0.39 is 29.6 Å². The maximum atomic E-state index is 13.7. The summed E-state index contributed by atoms with van der Waals surface area (Å²) in [4.78, 5) is 40.3. The topological polar surface area (TPSA) is 108 Å². The molecule has 2 aromatic carbocycles. The molecule has 190 valence electrons. The van der Waals surface area contributed by atoms with Gasteiger partial charge in [0, 0.05) is 12.2 Å². The molecule has 0 saturated carbocycles. The molecule has 3 amide bonds. The number of aliphatic hydroxyl groups is 1. The first-order chi connectivity index (χ1) is 16.3. The van der Waals surface area contributed by atoms with Crippen molar-refractivity contribution in [1.29, 1.82) is 0 Å². The Morgan fingerprint density at radius 3 is 2.17 bits per heavy atom. The highest BCUT2D eigenvalue weighted by atomic mass is 16.6. The number of hydrogen-bond acceptors (Lipinski definition) is 5. The lowest BCUT2D eigenvalue weighted by molar-refractivity contribution is -0.138. The lowest BCUT2D eigenvalue weighted by Crippen LogP contribution is -2.47. The van der Waals surface area contributed by atoms with Crippen LogP contribution in [0.25, 0.3) is 0 Å². The molecule has 0 heterocycles. The molecule has 0 bridgehead atoms. The van der Waals surface area contributed by atoms with Crippen LogP contribution in [0.1, 0.15) is 54.6 Å². The molecular formula is C27H37N3O5. The zero-order chi connectivity index (χ0) is 26.3. The maximum absolute atomic E-state index is 13.7. The fourth-order valence-corrected chi connectivity index (χ4v) is 3.86. The van der Waals surface area contributed by atoms with Crippen LogP contribution in [-0.2, 0) is 14.3 Å². The van der Waals surface area contributed by atoms with Gasteiger partial charge in [-0.2, -0.15) is 0 Å². The summed E-state index contributed by atoms with van der Waals surface area (Å²) in [6.07, 6.45) is -0.738. The van der Waals surface area contributed by atoms with Crippen LogP contribution in [0.4, 0.5) is 10.5 Å². The molecular weight excluding hydrogens is 446 g/mol. The molecule has 0 aromatic heterocycles. The number of ether oxygens (including phenoxy) is 1. The zero-order valence-corrected chi connectivity index (χ0v) is 21.7. The van der Waals surface area contributed by atoms with Crippen LogP contribution in [-0.4, -0.2) is 53.2 Å². The summed E-state index contributed by atoms with van der Waals surface area (Å²) in [5, 5.41) is 15.2. The quantitative estimate of drug-likeness (QED) is 0.527. The van der Waals surface area contributed by atoms with E-state index in [0.717, 1.165) is 22.3 Å². The van der Waals surface area contributed by atoms with E-state index in [1.54, 1.807) is 20.8 Å². The van der Waals surface area contributed by atoms with Crippen LogP contribution in [0.15, 0.2) is 36.4 Å². The van der Waals surface area contributed by atoms with Crippen LogP contribution in [0.5, 0.6) is 0 Å². The molecule has 8 heteroatoms. The van der Waals surface area contributed by atoms with Gasteiger partial charge in [0.15, 0.2) is 0 Å². The van der Waals surface area contributed by atoms with E-state index in [0.29, 0.717) is 11.3 Å². The first-order valence-electron chi connectivity index (χ1n) is 11.7. The SMILES string of the molecule is Cc1ccc(C(C(=O)Nc2c(C)cccc2C)N(CCO)C(=O)CNC(=O)OC(C)(C)C)c(C)c1. The number of hydrogen-bond donors (Lipinski definition) is 3. The van der Waals surface area contributed by atoms with Gasteiger partial charge in [0.05, 0.1) is 6.61 Å². The first kappa shape index (κ1) is 27.9. The second kappa shape index (κ2) is 11.8. The summed E-state index contributed by atoms with van der Waals surface area (Å²) in [7, 11) is 0. The molecule has 0 radical (unpaired) electrons. The Morgan fingerprint density at radius 1 is 1.00 bits per heavy atom. The van der Waals surface area contributed by atoms with Crippen molar-refractivity contribution in [1.82, 2.24) is 10.2 Å². The Labute approximate surface area is 207 Å². The number of carbonyl (C=O) groups is 3. The fourth-order valence-electron chi connectivity index (χ4n) is 3.86. The van der Waals surface area contributed by atoms with Gasteiger partial charge in [-0.3, -0.25) is 9.59 Å². The molecule has 0 aliphatic rings. The van der Waals surface area contributed by atoms with Crippen LogP contribution in [0.3, 0.4) is 0 Å². The normalized spacial score (nSPS) is 12.0. The van der Waals surface area contributed by atoms with Crippen molar-refractivity contribution in [2.75, 3.05) is 25.0 Å². The summed E-state index contributed by atoms with van der Waals surface area (Å²) in [6.45, 7) is 12.0. The van der Waals surface area contributed by atoms with Crippen LogP contribution in [0.2, 0.25) is 0 Å². The number of carbonyl (C=O) groups excluding carboxylic acids is 3. The Morgan fingerprint density at radius 2 is 1.63 bits per heavy atom. The third kappa shape index (κ3) is 7.82. The van der Waals surface area contributed by atoms with Crippen molar-refractivity contribution in [3.8, 4) is 0 Å². The summed E-state index contributed by atoms with van der Waals surface area (Å²) >= 11 is 0. The molecule has 8 nitrogen and oxygen atoms in total. The van der Waals surface area contributed by atoms with E-state index >= 15 is 0 Å². The second-order valence-electron chi connectivity index (χ2n) is 9.68. The standard InChI is InChI=1S/C27H37N3O5/c1-17-11-12-21(20(4)15-17)24(25(33)29-23-18(2)9-8-10-19(23)3)30(13-14-31)22(32)16-28-26(34)35-27(5,6)7/h8-12,15,24,31H,13-14,16H2,1-7H3,(H,28,34)(H,29,33). The van der Waals surface area contributed by atoms with Gasteiger partial charge in [-0.05, 0) is 70.7 Å². The Bertz CT molecular complexity index is 1050. The number of para-hydroxylation sites is 1. The molecule has 3 N–H and O–H groups in total. The molecule has 0 aliphatic heterocycles. The smallest absolute Gasteiger partial charge is 0.408 e. The fraction of sp³-hybridized carbons (Fsp3) is 0.444. The Balaban J connectivity index is 2.42. The van der Waals surface area contributed by atoms with E-state index in [-0.39, 0.29) is 19.7 Å². The number of amides is 3. The predicted molar refractivity (Wildman–Crippen MR) is 136 cm³/mol. The van der Waals surface area contributed by atoms with E-state index in [1.807, 2.05) is 64.1 Å². The monoisotopic (exact) mass is 483 g/mol. The van der Waals surface area contributed by atoms with E-state index in [1.165, 1.54) is 4.90 Å². The molecule has 35 heavy (non-hydrogen) atoms. The Kier molecular flexibility index (Phi) is 9.42. The van der Waals surface area contributed by atoms with Crippen LogP contribution >= 0.6 is 0 Å². The summed E-state index contributed by atoms with van der Waals surface area (Å²) < 4.78 is 5.21. The van der Waals surface area contributed by atoms with Gasteiger partial charge in [-0.1, -0.05) is 42.0 Å². The van der Waals surface area contributed by atoms with Gasteiger partial charge >= 0.3 is 6.09 Å². The van der Waals surface area contributed by atoms with Gasteiger partial charge in [-0.25, -0.2) is 4.79 Å². The highest BCUT2D eigenvalue weighted by molar-refractivity contribution is 5.99. The van der Waals surface area contributed by atoms with E-state index in [2.05, 4.69) is 10.6 Å². The van der Waals surface area contributed by atoms with Crippen LogP contribution in [0, 0.1) is 27.7 Å². The number of aliphatic hydroxyl groups excluding tert-OH is 1. The second-order valence-corrected chi connectivity index (χ2v) is 9.68. The van der Waals surface area contributed by atoms with Gasteiger partial charge in [-0.15, -0.1) is 0 Å². The first-order valence-corrected chi connectivity index (χ1v) is 11.7. The van der Waals surface area contributed by atoms with Crippen molar-refractivity contribution in [2.24, 2.45) is 0 Å². The number of aryl methyl sites for hydroxylation is 4. The summed E-state index contributed by atoms with van der Waals surface area (Å²) in [6, 6.07) is 10.3. The average molecular weight is 484 g/mol. The van der Waals surface area contributed by atoms with Gasteiger partial charge in [0.2, 0.25) is 5.91 Å². The highest BCUT2D eigenvalue weighted by Crippen LogP contribution is 2.28. The van der Waals surface area contributed by atoms with E-state index in [9.17, 15) is 19.5 Å². The highest BCUT2D eigenvalue weighted by Gasteiger charge is 2.33. The summed E-state index contributed by atoms with van der Waals surface area (Å²) in [5.41, 5.74) is 4.24. The lowest BCUT2D eigenvalue weighted by atomic mass is 9.96. The lowest BCUT2D eigenvalue weighted by Gasteiger charge is -2.32. The van der Waals surface area contributed by atoms with Crippen molar-refractivity contribution >= 4 is 23.6 Å². The summed E-state index contributed by atoms with van der Waals surface area (Å²) in [5.74, 6) is -0.931. The Hall–Kier alpha value is -3.39. The molecule has 1 atom stereocenters. The van der Waals surface area contributed by atoms with Crippen molar-refractivity contribution < 1.29 is 24.2 Å². The minimum Gasteiger partial charge on any atom is -0.444 e. The number of alkyl carbamates (subject to hydrolysis) is 1. The predicted octanol–water partition coefficient (Wildman–Crippen LogP) is 3.95. The molecule has 2 aromatic rings. The largest absolute Gasteiger partial charge is 0.444 e. The van der Waals surface area contributed by atoms with Gasteiger partial charge in [0.1, 0.15) is 18.2 Å². The molecule has 0 aliphatic carbocycles. The molecule has 0 saturated heterocycles.